The fraction of sp³-hybridized carbons (Fsp3) is 0.667. The first-order valence-corrected chi connectivity index (χ1v) is 5.17. The van der Waals surface area contributed by atoms with Crippen molar-refractivity contribution in [3.05, 3.63) is 21.0 Å². The molecule has 16 heavy (non-hydrogen) atoms. The molecule has 2 rings (SSSR count). The number of H-pyrrole nitrogens is 2. The molecule has 1 aliphatic carbocycles. The Bertz CT molecular complexity index is 476. The van der Waals surface area contributed by atoms with E-state index in [1.54, 1.807) is 0 Å². The van der Waals surface area contributed by atoms with Crippen molar-refractivity contribution < 1.29 is 9.90 Å². The molecule has 0 amide bonds. The zero-order valence-corrected chi connectivity index (χ0v) is 8.65. The number of carboxylic acids is 1. The largest absolute Gasteiger partial charge is 0.481 e. The Hall–Kier alpha value is -1.79. The van der Waals surface area contributed by atoms with Gasteiger partial charge >= 0.3 is 17.3 Å². The minimum atomic E-state index is -0.991. The van der Waals surface area contributed by atoms with Gasteiger partial charge in [0.25, 0.3) is 0 Å². The molecule has 0 aromatic carbocycles. The van der Waals surface area contributed by atoms with Crippen LogP contribution in [-0.4, -0.2) is 25.8 Å². The quantitative estimate of drug-likeness (QED) is 0.653. The van der Waals surface area contributed by atoms with Crippen LogP contribution >= 0.6 is 0 Å². The third-order valence-corrected chi connectivity index (χ3v) is 3.17. The van der Waals surface area contributed by atoms with E-state index in [9.17, 15) is 14.4 Å². The molecule has 88 valence electrons. The Balaban J connectivity index is 2.52. The van der Waals surface area contributed by atoms with Crippen molar-refractivity contribution >= 4 is 5.97 Å². The highest BCUT2D eigenvalue weighted by Crippen LogP contribution is 2.37. The predicted octanol–water partition coefficient (Wildman–Crippen LogP) is -0.391. The van der Waals surface area contributed by atoms with E-state index in [0.29, 0.717) is 12.8 Å². The third-order valence-electron chi connectivity index (χ3n) is 3.17. The molecule has 0 saturated heterocycles. The van der Waals surface area contributed by atoms with Crippen LogP contribution in [-0.2, 0) is 10.3 Å². The van der Waals surface area contributed by atoms with Crippen molar-refractivity contribution in [3.63, 3.8) is 0 Å². The number of nitrogens with zero attached hydrogens (tertiary/aromatic N) is 1. The number of rotatable bonds is 3. The molecule has 1 fully saturated rings. The minimum absolute atomic E-state index is 0.187. The highest BCUT2D eigenvalue weighted by atomic mass is 16.4. The molecule has 0 bridgehead atoms. The topological polar surface area (TPSA) is 108 Å². The number of carbonyl (C=O) groups is 1. The van der Waals surface area contributed by atoms with Gasteiger partial charge in [-0.2, -0.15) is 0 Å². The lowest BCUT2D eigenvalue weighted by Crippen LogP contribution is -2.45. The highest BCUT2D eigenvalue weighted by molar-refractivity contribution is 5.68. The highest BCUT2D eigenvalue weighted by Gasteiger charge is 2.40. The van der Waals surface area contributed by atoms with Crippen LogP contribution in [0.15, 0.2) is 9.59 Å². The molecule has 1 saturated carbocycles. The van der Waals surface area contributed by atoms with E-state index in [0.717, 1.165) is 17.4 Å². The molecule has 1 aromatic rings. The molecule has 0 spiro atoms. The number of hydrogen-bond acceptors (Lipinski definition) is 3. The van der Waals surface area contributed by atoms with Gasteiger partial charge in [0.05, 0.1) is 12.0 Å². The van der Waals surface area contributed by atoms with Crippen molar-refractivity contribution in [2.45, 2.75) is 37.6 Å². The van der Waals surface area contributed by atoms with E-state index in [4.69, 9.17) is 5.11 Å². The second-order valence-electron chi connectivity index (χ2n) is 4.20. The summed E-state index contributed by atoms with van der Waals surface area (Å²) < 4.78 is 1.02. The summed E-state index contributed by atoms with van der Waals surface area (Å²) in [6.07, 6.45) is 2.60. The fourth-order valence-corrected chi connectivity index (χ4v) is 2.54. The van der Waals surface area contributed by atoms with E-state index < -0.39 is 22.9 Å². The van der Waals surface area contributed by atoms with Gasteiger partial charge < -0.3 is 5.11 Å². The minimum Gasteiger partial charge on any atom is -0.481 e. The van der Waals surface area contributed by atoms with Gasteiger partial charge in [0, 0.05) is 0 Å². The number of aliphatic carboxylic acids is 1. The first-order chi connectivity index (χ1) is 7.55. The summed E-state index contributed by atoms with van der Waals surface area (Å²) in [6.45, 7) is 0. The molecule has 3 N–H and O–H groups in total. The monoisotopic (exact) mass is 227 g/mol. The fourth-order valence-electron chi connectivity index (χ4n) is 2.54. The zero-order valence-electron chi connectivity index (χ0n) is 8.65. The molecule has 1 aliphatic rings. The second kappa shape index (κ2) is 3.66. The van der Waals surface area contributed by atoms with Gasteiger partial charge in [-0.15, -0.1) is 0 Å². The third kappa shape index (κ3) is 1.58. The lowest BCUT2D eigenvalue weighted by molar-refractivity contribution is -0.139. The van der Waals surface area contributed by atoms with E-state index in [-0.39, 0.29) is 6.42 Å². The summed E-state index contributed by atoms with van der Waals surface area (Å²) in [7, 11) is 0. The van der Waals surface area contributed by atoms with Gasteiger partial charge in [-0.25, -0.2) is 24.4 Å². The van der Waals surface area contributed by atoms with Gasteiger partial charge in [0.1, 0.15) is 0 Å². The average Bonchev–Trinajstić information content (AvgIpc) is 2.74. The Morgan fingerprint density at radius 3 is 2.19 bits per heavy atom. The number of hydrogen-bond donors (Lipinski definition) is 3. The molecule has 0 aliphatic heterocycles. The van der Waals surface area contributed by atoms with Crippen molar-refractivity contribution in [1.29, 1.82) is 0 Å². The van der Waals surface area contributed by atoms with Gasteiger partial charge in [0.15, 0.2) is 0 Å². The van der Waals surface area contributed by atoms with Gasteiger partial charge in [0.2, 0.25) is 0 Å². The van der Waals surface area contributed by atoms with Crippen molar-refractivity contribution in [1.82, 2.24) is 14.8 Å². The Kier molecular flexibility index (Phi) is 2.45. The molecule has 7 heteroatoms. The first kappa shape index (κ1) is 10.7. The van der Waals surface area contributed by atoms with Crippen molar-refractivity contribution in [2.24, 2.45) is 0 Å². The molecule has 1 aromatic heterocycles. The van der Waals surface area contributed by atoms with Crippen LogP contribution in [0.3, 0.4) is 0 Å². The molecule has 0 unspecified atom stereocenters. The maximum Gasteiger partial charge on any atom is 0.344 e. The number of aromatic nitrogens is 3. The van der Waals surface area contributed by atoms with E-state index in [1.165, 1.54) is 0 Å². The average molecular weight is 227 g/mol. The summed E-state index contributed by atoms with van der Waals surface area (Å²) in [5, 5.41) is 13.3. The normalized spacial score (nSPS) is 18.8. The van der Waals surface area contributed by atoms with Gasteiger partial charge in [-0.05, 0) is 12.8 Å². The lowest BCUT2D eigenvalue weighted by Gasteiger charge is -2.26. The molecule has 7 nitrogen and oxygen atoms in total. The van der Waals surface area contributed by atoms with E-state index >= 15 is 0 Å². The predicted molar refractivity (Wildman–Crippen MR) is 54.4 cm³/mol. The smallest absolute Gasteiger partial charge is 0.344 e. The van der Waals surface area contributed by atoms with Crippen LogP contribution in [0.5, 0.6) is 0 Å². The van der Waals surface area contributed by atoms with E-state index in [1.807, 2.05) is 0 Å². The second-order valence-corrected chi connectivity index (χ2v) is 4.20. The summed E-state index contributed by atoms with van der Waals surface area (Å²) in [5.41, 5.74) is -1.97. The van der Waals surface area contributed by atoms with Crippen molar-refractivity contribution in [3.8, 4) is 0 Å². The van der Waals surface area contributed by atoms with Crippen LogP contribution in [0, 0.1) is 0 Å². The molecular formula is C9H13N3O4. The van der Waals surface area contributed by atoms with E-state index in [2.05, 4.69) is 10.2 Å². The maximum absolute atomic E-state index is 11.5. The van der Waals surface area contributed by atoms with Crippen LogP contribution < -0.4 is 11.4 Å². The molecular weight excluding hydrogens is 214 g/mol. The summed E-state index contributed by atoms with van der Waals surface area (Å²) in [4.78, 5) is 33.8. The van der Waals surface area contributed by atoms with Crippen LogP contribution in [0.4, 0.5) is 0 Å². The molecule has 0 atom stereocenters. The SMILES string of the molecule is O=C(O)CC1(n2c(=O)[nH][nH]c2=O)CCCC1. The summed E-state index contributed by atoms with van der Waals surface area (Å²) in [6, 6.07) is 0. The van der Waals surface area contributed by atoms with Crippen LogP contribution in [0.25, 0.3) is 0 Å². The summed E-state index contributed by atoms with van der Waals surface area (Å²) in [5.74, 6) is -0.991. The van der Waals surface area contributed by atoms with Crippen molar-refractivity contribution in [2.75, 3.05) is 0 Å². The van der Waals surface area contributed by atoms with Gasteiger partial charge in [-0.1, -0.05) is 12.8 Å². The zero-order chi connectivity index (χ0) is 11.8. The first-order valence-electron chi connectivity index (χ1n) is 5.17. The lowest BCUT2D eigenvalue weighted by atomic mass is 9.93. The molecule has 0 radical (unpaired) electrons. The van der Waals surface area contributed by atoms with Gasteiger partial charge in [-0.3, -0.25) is 4.79 Å². The Morgan fingerprint density at radius 1 is 1.25 bits per heavy atom. The standard InChI is InChI=1S/C9H13N3O4/c13-6(14)5-9(3-1-2-4-9)12-7(15)10-11-8(12)16/h1-5H2,(H,10,15)(H,11,16)(H,13,14). The Labute approximate surface area is 90.1 Å². The van der Waals surface area contributed by atoms with Crippen LogP contribution in [0.2, 0.25) is 0 Å². The Morgan fingerprint density at radius 2 is 1.75 bits per heavy atom. The number of carboxylic acid groups (broad SMARTS) is 1. The number of nitrogens with one attached hydrogen (secondary N) is 2. The number of aromatic amines is 2. The maximum atomic E-state index is 11.5. The summed E-state index contributed by atoms with van der Waals surface area (Å²) >= 11 is 0. The molecule has 1 heterocycles. The van der Waals surface area contributed by atoms with Crippen LogP contribution in [0.1, 0.15) is 32.1 Å².